The molecule has 5 rings (SSSR count). The monoisotopic (exact) mass is 426 g/mol. The fraction of sp³-hybridized carbons (Fsp3) is 0.435. The Hall–Kier alpha value is -3.00. The summed E-state index contributed by atoms with van der Waals surface area (Å²) in [6, 6.07) is 6.24. The van der Waals surface area contributed by atoms with Crippen molar-refractivity contribution in [3.05, 3.63) is 47.4 Å². The van der Waals surface area contributed by atoms with Crippen LogP contribution in [0.25, 0.3) is 0 Å². The number of pyridine rings is 1. The van der Waals surface area contributed by atoms with Crippen molar-refractivity contribution in [3.8, 4) is 11.6 Å². The Kier molecular flexibility index (Phi) is 5.09. The Morgan fingerprint density at radius 2 is 2.03 bits per heavy atom. The van der Waals surface area contributed by atoms with E-state index in [0.717, 1.165) is 0 Å². The number of hydrogen-bond acceptors (Lipinski definition) is 6. The highest BCUT2D eigenvalue weighted by Crippen LogP contribution is 2.38. The predicted molar refractivity (Wildman–Crippen MR) is 109 cm³/mol. The van der Waals surface area contributed by atoms with Crippen LogP contribution in [0.4, 0.5) is 10.1 Å². The van der Waals surface area contributed by atoms with Crippen molar-refractivity contribution in [3.63, 3.8) is 0 Å². The molecule has 7 nitrogen and oxygen atoms in total. The summed E-state index contributed by atoms with van der Waals surface area (Å²) in [7, 11) is 0. The summed E-state index contributed by atoms with van der Waals surface area (Å²) in [5.74, 6) is 0.0138. The van der Waals surface area contributed by atoms with Crippen molar-refractivity contribution >= 4 is 17.4 Å². The Labute approximate surface area is 178 Å². The average molecular weight is 426 g/mol. The van der Waals surface area contributed by atoms with Crippen LogP contribution in [-0.2, 0) is 4.79 Å². The third-order valence-corrected chi connectivity index (χ3v) is 6.09. The summed E-state index contributed by atoms with van der Waals surface area (Å²) in [4.78, 5) is 30.8. The van der Waals surface area contributed by atoms with Gasteiger partial charge in [0, 0.05) is 48.2 Å². The first-order chi connectivity index (χ1) is 15.0. The largest absolute Gasteiger partial charge is 0.479 e. The Morgan fingerprint density at radius 1 is 1.19 bits per heavy atom. The summed E-state index contributed by atoms with van der Waals surface area (Å²) >= 11 is 0. The highest BCUT2D eigenvalue weighted by Gasteiger charge is 2.37. The third-order valence-electron chi connectivity index (χ3n) is 6.09. The van der Waals surface area contributed by atoms with E-state index in [1.54, 1.807) is 18.2 Å². The van der Waals surface area contributed by atoms with Gasteiger partial charge in [0.2, 0.25) is 5.88 Å². The molecule has 162 valence electrons. The summed E-state index contributed by atoms with van der Waals surface area (Å²) < 4.78 is 26.1. The first kappa shape index (κ1) is 19.9. The molecule has 1 N–H and O–H groups in total. The van der Waals surface area contributed by atoms with Crippen LogP contribution >= 0.6 is 0 Å². The van der Waals surface area contributed by atoms with Gasteiger partial charge in [0.15, 0.2) is 11.9 Å². The van der Waals surface area contributed by atoms with E-state index < -0.39 is 17.8 Å². The number of benzene rings is 1. The molecule has 8 heteroatoms. The van der Waals surface area contributed by atoms with Crippen LogP contribution in [0.1, 0.15) is 47.5 Å². The SMILES string of the molecule is O=C1CC(CO)c2c(F)cc(N3CC[C@@H](Oc4ccc(OCC5CC5)nc4)C3=O)cc21. The number of ketones is 1. The zero-order valence-electron chi connectivity index (χ0n) is 16.9. The number of aliphatic hydroxyl groups is 1. The third kappa shape index (κ3) is 3.87. The number of amides is 1. The maximum absolute atomic E-state index is 14.7. The molecule has 0 bridgehead atoms. The molecule has 2 fully saturated rings. The molecule has 2 aromatic rings. The number of aromatic nitrogens is 1. The molecule has 1 aromatic heterocycles. The fourth-order valence-electron chi connectivity index (χ4n) is 4.19. The van der Waals surface area contributed by atoms with Gasteiger partial charge >= 0.3 is 0 Å². The van der Waals surface area contributed by atoms with E-state index in [4.69, 9.17) is 9.47 Å². The number of carbonyl (C=O) groups excluding carboxylic acids is 2. The lowest BCUT2D eigenvalue weighted by Crippen LogP contribution is -2.32. The summed E-state index contributed by atoms with van der Waals surface area (Å²) in [6.07, 6.45) is 3.74. The minimum Gasteiger partial charge on any atom is -0.479 e. The minimum absolute atomic E-state index is 0.0826. The number of nitrogens with zero attached hydrogens (tertiary/aromatic N) is 2. The number of Topliss-reactive ketones (excluding diaryl/α,β-unsaturated/α-hetero) is 1. The van der Waals surface area contributed by atoms with Crippen LogP contribution in [0.5, 0.6) is 11.6 Å². The molecule has 2 heterocycles. The molecule has 1 aliphatic heterocycles. The van der Waals surface area contributed by atoms with Gasteiger partial charge in [-0.15, -0.1) is 0 Å². The number of halogens is 1. The lowest BCUT2D eigenvalue weighted by Gasteiger charge is -2.19. The van der Waals surface area contributed by atoms with E-state index in [0.29, 0.717) is 42.8 Å². The molecule has 3 aliphatic rings. The molecule has 2 atom stereocenters. The van der Waals surface area contributed by atoms with Crippen LogP contribution in [0, 0.1) is 11.7 Å². The zero-order valence-corrected chi connectivity index (χ0v) is 16.9. The normalized spacial score (nSPS) is 22.7. The summed E-state index contributed by atoms with van der Waals surface area (Å²) in [6.45, 7) is 0.740. The molecule has 1 aromatic carbocycles. The summed E-state index contributed by atoms with van der Waals surface area (Å²) in [5.41, 5.74) is 0.823. The maximum atomic E-state index is 14.7. The zero-order chi connectivity index (χ0) is 21.5. The second-order valence-corrected chi connectivity index (χ2v) is 8.37. The van der Waals surface area contributed by atoms with Crippen LogP contribution < -0.4 is 14.4 Å². The maximum Gasteiger partial charge on any atom is 0.268 e. The van der Waals surface area contributed by atoms with Gasteiger partial charge < -0.3 is 19.5 Å². The molecule has 2 aliphatic carbocycles. The van der Waals surface area contributed by atoms with E-state index in [9.17, 15) is 19.1 Å². The molecular weight excluding hydrogens is 403 g/mol. The second kappa shape index (κ2) is 7.92. The number of aliphatic hydroxyl groups excluding tert-OH is 1. The molecular formula is C23H23FN2O5. The molecule has 0 spiro atoms. The van der Waals surface area contributed by atoms with Gasteiger partial charge in [-0.1, -0.05) is 0 Å². The summed E-state index contributed by atoms with van der Waals surface area (Å²) in [5, 5.41) is 9.41. The van der Waals surface area contributed by atoms with Crippen molar-refractivity contribution < 1.29 is 28.6 Å². The molecule has 1 saturated heterocycles. The van der Waals surface area contributed by atoms with Gasteiger partial charge in [0.1, 0.15) is 11.6 Å². The van der Waals surface area contributed by atoms with E-state index in [2.05, 4.69) is 4.98 Å². The number of fused-ring (bicyclic) bond motifs is 1. The Balaban J connectivity index is 1.27. The standard InChI is InChI=1S/C23H23FN2O5/c24-18-9-15(8-17-19(28)7-14(11-27)22(17)18)26-6-5-20(23(26)29)31-16-3-4-21(25-10-16)30-12-13-1-2-13/h3-4,8-10,13-14,20,27H,1-2,5-7,11-12H2/t14?,20-/m1/s1. The van der Waals surface area contributed by atoms with Crippen molar-refractivity contribution in [2.45, 2.75) is 37.7 Å². The molecule has 0 radical (unpaired) electrons. The minimum atomic E-state index is -0.711. The second-order valence-electron chi connectivity index (χ2n) is 8.37. The lowest BCUT2D eigenvalue weighted by atomic mass is 10.0. The van der Waals surface area contributed by atoms with Gasteiger partial charge in [-0.3, -0.25) is 9.59 Å². The number of rotatable bonds is 7. The first-order valence-electron chi connectivity index (χ1n) is 10.6. The number of carbonyl (C=O) groups is 2. The lowest BCUT2D eigenvalue weighted by molar-refractivity contribution is -0.122. The Bertz CT molecular complexity index is 1020. The first-order valence-corrected chi connectivity index (χ1v) is 10.6. The number of hydrogen-bond donors (Lipinski definition) is 1. The smallest absolute Gasteiger partial charge is 0.268 e. The highest BCUT2D eigenvalue weighted by molar-refractivity contribution is 6.04. The number of anilines is 1. The van der Waals surface area contributed by atoms with Crippen molar-refractivity contribution in [1.82, 2.24) is 4.98 Å². The van der Waals surface area contributed by atoms with Crippen molar-refractivity contribution in [2.24, 2.45) is 5.92 Å². The fourth-order valence-corrected chi connectivity index (χ4v) is 4.19. The van der Waals surface area contributed by atoms with Gasteiger partial charge in [0.25, 0.3) is 5.91 Å². The van der Waals surface area contributed by atoms with E-state index in [-0.39, 0.29) is 35.8 Å². The highest BCUT2D eigenvalue weighted by atomic mass is 19.1. The van der Waals surface area contributed by atoms with E-state index in [1.807, 2.05) is 0 Å². The van der Waals surface area contributed by atoms with Crippen LogP contribution in [0.2, 0.25) is 0 Å². The quantitative estimate of drug-likeness (QED) is 0.733. The van der Waals surface area contributed by atoms with Gasteiger partial charge in [-0.25, -0.2) is 9.37 Å². The van der Waals surface area contributed by atoms with Crippen LogP contribution in [-0.4, -0.2) is 47.6 Å². The molecule has 1 saturated carbocycles. The average Bonchev–Trinajstić information content (AvgIpc) is 3.45. The van der Waals surface area contributed by atoms with Gasteiger partial charge in [-0.2, -0.15) is 0 Å². The van der Waals surface area contributed by atoms with Crippen molar-refractivity contribution in [2.75, 3.05) is 24.7 Å². The predicted octanol–water partition coefficient (Wildman–Crippen LogP) is 2.86. The molecule has 1 amide bonds. The van der Waals surface area contributed by atoms with Crippen LogP contribution in [0.15, 0.2) is 30.5 Å². The molecule has 1 unspecified atom stereocenters. The molecule has 31 heavy (non-hydrogen) atoms. The van der Waals surface area contributed by atoms with E-state index >= 15 is 0 Å². The topological polar surface area (TPSA) is 89.0 Å². The van der Waals surface area contributed by atoms with Crippen LogP contribution in [0.3, 0.4) is 0 Å². The van der Waals surface area contributed by atoms with Gasteiger partial charge in [0.05, 0.1) is 19.4 Å². The number of ether oxygens (including phenoxy) is 2. The van der Waals surface area contributed by atoms with Crippen molar-refractivity contribution in [1.29, 1.82) is 0 Å². The van der Waals surface area contributed by atoms with Gasteiger partial charge in [-0.05, 0) is 37.0 Å². The Morgan fingerprint density at radius 3 is 2.74 bits per heavy atom. The van der Waals surface area contributed by atoms with E-state index in [1.165, 1.54) is 30.0 Å².